The molecular weight excluding hydrogens is 296 g/mol. The molecule has 0 spiro atoms. The maximum atomic E-state index is 12.1. The minimum absolute atomic E-state index is 0.0392. The first-order chi connectivity index (χ1) is 11.2. The number of nitrogens with zero attached hydrogens (tertiary/aromatic N) is 1. The normalized spacial score (nSPS) is 10.5. The summed E-state index contributed by atoms with van der Waals surface area (Å²) in [6, 6.07) is 11.9. The molecule has 2 aromatic rings. The fourth-order valence-corrected chi connectivity index (χ4v) is 1.96. The number of carbonyl (C=O) groups excluding carboxylic acids is 1. The van der Waals surface area contributed by atoms with Gasteiger partial charge in [0.2, 0.25) is 0 Å². The van der Waals surface area contributed by atoms with E-state index in [1.807, 2.05) is 6.92 Å². The van der Waals surface area contributed by atoms with Gasteiger partial charge in [-0.25, -0.2) is 5.43 Å². The predicted octanol–water partition coefficient (Wildman–Crippen LogP) is 2.56. The Kier molecular flexibility index (Phi) is 5.57. The van der Waals surface area contributed by atoms with Gasteiger partial charge in [-0.1, -0.05) is 18.2 Å². The summed E-state index contributed by atoms with van der Waals surface area (Å²) in [4.78, 5) is 12.1. The summed E-state index contributed by atoms with van der Waals surface area (Å²) in [7, 11) is 1.46. The number of ether oxygens (including phenoxy) is 2. The van der Waals surface area contributed by atoms with Crippen LogP contribution < -0.4 is 14.9 Å². The maximum absolute atomic E-state index is 12.1. The van der Waals surface area contributed by atoms with Crippen molar-refractivity contribution in [3.63, 3.8) is 0 Å². The number of rotatable bonds is 6. The van der Waals surface area contributed by atoms with Crippen LogP contribution in [0.15, 0.2) is 47.6 Å². The van der Waals surface area contributed by atoms with Crippen LogP contribution in [0.4, 0.5) is 0 Å². The molecule has 0 unspecified atom stereocenters. The summed E-state index contributed by atoms with van der Waals surface area (Å²) in [6.07, 6.45) is 1.35. The minimum Gasteiger partial charge on any atom is -0.504 e. The van der Waals surface area contributed by atoms with Gasteiger partial charge in [0.15, 0.2) is 11.5 Å². The van der Waals surface area contributed by atoms with E-state index in [2.05, 4.69) is 10.5 Å². The van der Waals surface area contributed by atoms with E-state index in [4.69, 9.17) is 9.47 Å². The molecule has 0 fully saturated rings. The van der Waals surface area contributed by atoms with Gasteiger partial charge in [-0.15, -0.1) is 0 Å². The van der Waals surface area contributed by atoms with Crippen molar-refractivity contribution in [3.05, 3.63) is 53.6 Å². The van der Waals surface area contributed by atoms with Gasteiger partial charge >= 0.3 is 0 Å². The highest BCUT2D eigenvalue weighted by Gasteiger charge is 2.11. The Morgan fingerprint density at radius 1 is 1.22 bits per heavy atom. The van der Waals surface area contributed by atoms with E-state index in [9.17, 15) is 9.90 Å². The molecule has 0 saturated heterocycles. The molecule has 23 heavy (non-hydrogen) atoms. The number of phenols is 1. The molecule has 6 heteroatoms. The second-order valence-electron chi connectivity index (χ2n) is 4.53. The Balaban J connectivity index is 2.10. The number of nitrogens with one attached hydrogen (secondary N) is 1. The maximum Gasteiger partial charge on any atom is 0.275 e. The number of para-hydroxylation sites is 2. The van der Waals surface area contributed by atoms with E-state index in [0.29, 0.717) is 29.2 Å². The van der Waals surface area contributed by atoms with Gasteiger partial charge in [-0.05, 0) is 31.2 Å². The highest BCUT2D eigenvalue weighted by atomic mass is 16.5. The van der Waals surface area contributed by atoms with Crippen molar-refractivity contribution in [1.29, 1.82) is 0 Å². The summed E-state index contributed by atoms with van der Waals surface area (Å²) in [5.41, 5.74) is 3.23. The van der Waals surface area contributed by atoms with E-state index in [-0.39, 0.29) is 5.75 Å². The van der Waals surface area contributed by atoms with Crippen molar-refractivity contribution in [2.45, 2.75) is 6.92 Å². The lowest BCUT2D eigenvalue weighted by Gasteiger charge is -2.08. The summed E-state index contributed by atoms with van der Waals surface area (Å²) in [5, 5.41) is 13.8. The second-order valence-corrected chi connectivity index (χ2v) is 4.53. The molecular formula is C17H18N2O4. The zero-order valence-electron chi connectivity index (χ0n) is 12.9. The smallest absolute Gasteiger partial charge is 0.275 e. The number of methoxy groups -OCH3 is 1. The Bertz CT molecular complexity index is 713. The number of hydrogen-bond acceptors (Lipinski definition) is 5. The molecule has 6 nitrogen and oxygen atoms in total. The number of amides is 1. The Morgan fingerprint density at radius 2 is 1.96 bits per heavy atom. The van der Waals surface area contributed by atoms with Gasteiger partial charge < -0.3 is 14.6 Å². The second kappa shape index (κ2) is 7.84. The predicted molar refractivity (Wildman–Crippen MR) is 87.3 cm³/mol. The number of carbonyl (C=O) groups is 1. The molecule has 0 aliphatic carbocycles. The Labute approximate surface area is 134 Å². The van der Waals surface area contributed by atoms with Crippen LogP contribution in [0.5, 0.6) is 17.2 Å². The molecule has 0 aliphatic rings. The molecule has 2 N–H and O–H groups in total. The van der Waals surface area contributed by atoms with E-state index in [1.165, 1.54) is 13.3 Å². The zero-order chi connectivity index (χ0) is 16.7. The summed E-state index contributed by atoms with van der Waals surface area (Å²) in [6.45, 7) is 2.31. The highest BCUT2D eigenvalue weighted by molar-refractivity contribution is 5.97. The van der Waals surface area contributed by atoms with Gasteiger partial charge in [-0.3, -0.25) is 4.79 Å². The summed E-state index contributed by atoms with van der Waals surface area (Å²) in [5.74, 6) is 0.393. The van der Waals surface area contributed by atoms with Crippen molar-refractivity contribution in [3.8, 4) is 17.2 Å². The minimum atomic E-state index is -0.396. The number of hydrogen-bond donors (Lipinski definition) is 2. The van der Waals surface area contributed by atoms with E-state index in [0.717, 1.165) is 0 Å². The molecule has 0 bridgehead atoms. The molecule has 2 aromatic carbocycles. The molecule has 1 amide bonds. The fourth-order valence-electron chi connectivity index (χ4n) is 1.96. The number of hydrazone groups is 1. The van der Waals surface area contributed by atoms with Gasteiger partial charge in [0.1, 0.15) is 5.75 Å². The van der Waals surface area contributed by atoms with Crippen LogP contribution in [0.2, 0.25) is 0 Å². The van der Waals surface area contributed by atoms with Gasteiger partial charge in [0.05, 0.1) is 25.5 Å². The quantitative estimate of drug-likeness (QED) is 0.634. The van der Waals surface area contributed by atoms with Crippen LogP contribution in [-0.2, 0) is 0 Å². The van der Waals surface area contributed by atoms with Crippen molar-refractivity contribution >= 4 is 12.1 Å². The molecule has 120 valence electrons. The van der Waals surface area contributed by atoms with Crippen LogP contribution >= 0.6 is 0 Å². The molecule has 0 atom stereocenters. The van der Waals surface area contributed by atoms with Gasteiger partial charge in [-0.2, -0.15) is 5.10 Å². The molecule has 2 rings (SSSR count). The fraction of sp³-hybridized carbons (Fsp3) is 0.176. The van der Waals surface area contributed by atoms with Crippen LogP contribution in [0, 0.1) is 0 Å². The summed E-state index contributed by atoms with van der Waals surface area (Å²) >= 11 is 0. The number of benzene rings is 2. The van der Waals surface area contributed by atoms with Gasteiger partial charge in [0, 0.05) is 5.56 Å². The third-order valence-corrected chi connectivity index (χ3v) is 3.05. The molecule has 0 saturated carbocycles. The highest BCUT2D eigenvalue weighted by Crippen LogP contribution is 2.27. The first-order valence-electron chi connectivity index (χ1n) is 7.08. The Morgan fingerprint density at radius 3 is 2.70 bits per heavy atom. The van der Waals surface area contributed by atoms with Crippen LogP contribution in [0.1, 0.15) is 22.8 Å². The molecule has 0 radical (unpaired) electrons. The van der Waals surface area contributed by atoms with Crippen LogP contribution in [0.3, 0.4) is 0 Å². The van der Waals surface area contributed by atoms with Crippen LogP contribution in [0.25, 0.3) is 0 Å². The van der Waals surface area contributed by atoms with E-state index < -0.39 is 5.91 Å². The first-order valence-corrected chi connectivity index (χ1v) is 7.08. The van der Waals surface area contributed by atoms with Crippen molar-refractivity contribution in [1.82, 2.24) is 5.43 Å². The lowest BCUT2D eigenvalue weighted by Crippen LogP contribution is -2.18. The van der Waals surface area contributed by atoms with E-state index >= 15 is 0 Å². The van der Waals surface area contributed by atoms with Crippen molar-refractivity contribution in [2.24, 2.45) is 5.10 Å². The summed E-state index contributed by atoms with van der Waals surface area (Å²) < 4.78 is 10.4. The third-order valence-electron chi connectivity index (χ3n) is 3.05. The molecule has 0 aromatic heterocycles. The molecule has 0 heterocycles. The van der Waals surface area contributed by atoms with Gasteiger partial charge in [0.25, 0.3) is 5.91 Å². The van der Waals surface area contributed by atoms with Crippen LogP contribution in [-0.4, -0.2) is 30.9 Å². The third kappa shape index (κ3) is 4.00. The first kappa shape index (κ1) is 16.4. The topological polar surface area (TPSA) is 80.2 Å². The average Bonchev–Trinajstić information content (AvgIpc) is 2.57. The zero-order valence-corrected chi connectivity index (χ0v) is 12.9. The lowest BCUT2D eigenvalue weighted by molar-refractivity contribution is 0.0951. The van der Waals surface area contributed by atoms with Crippen molar-refractivity contribution < 1.29 is 19.4 Å². The molecule has 0 aliphatic heterocycles. The number of aromatic hydroxyl groups is 1. The lowest BCUT2D eigenvalue weighted by atomic mass is 10.2. The van der Waals surface area contributed by atoms with E-state index in [1.54, 1.807) is 42.5 Å². The SMILES string of the molecule is CCOc1ccccc1C(=O)N/N=C\c1cccc(OC)c1O. The standard InChI is InChI=1S/C17H18N2O4/c1-3-23-14-9-5-4-8-13(14)17(21)19-18-11-12-7-6-10-15(22-2)16(12)20/h4-11,20H,3H2,1-2H3,(H,19,21)/b18-11-. The van der Waals surface area contributed by atoms with Crippen molar-refractivity contribution in [2.75, 3.05) is 13.7 Å². The largest absolute Gasteiger partial charge is 0.504 e. The number of phenolic OH excluding ortho intramolecular Hbond substituents is 1. The Hall–Kier alpha value is -3.02. The monoisotopic (exact) mass is 314 g/mol. The average molecular weight is 314 g/mol.